The van der Waals surface area contributed by atoms with Gasteiger partial charge in [0, 0.05) is 4.91 Å². The zero-order chi connectivity index (χ0) is 18.1. The van der Waals surface area contributed by atoms with Gasteiger partial charge in [-0.1, -0.05) is 17.2 Å². The molecule has 1 aliphatic heterocycles. The quantitative estimate of drug-likeness (QED) is 0.288. The van der Waals surface area contributed by atoms with Crippen LogP contribution < -0.4 is 16.1 Å². The number of hydrogen-bond donors (Lipinski definition) is 2. The molecule has 0 aliphatic carbocycles. The topological polar surface area (TPSA) is 102 Å². The molecular weight excluding hydrogens is 348 g/mol. The predicted octanol–water partition coefficient (Wildman–Crippen LogP) is 3.61. The third kappa shape index (κ3) is 2.65. The summed E-state index contributed by atoms with van der Waals surface area (Å²) in [5.74, 6) is -9.85. The maximum Gasteiger partial charge on any atom is 0.371 e. The van der Waals surface area contributed by atoms with Crippen molar-refractivity contribution in [2.75, 3.05) is 10.6 Å². The van der Waals surface area contributed by atoms with E-state index in [1.807, 2.05) is 0 Å². The Hall–Kier alpha value is -3.50. The van der Waals surface area contributed by atoms with E-state index >= 15 is 0 Å². The smallest absolute Gasteiger partial charge is 0.318 e. The standard InChI is InChI=1S/C13H6F4N6O2/c14-8-7(9(15)11(17)12(10(8)16)20-21-18)13(24)25-23-6-4-2-1-3-5(6)19-22-23/h1-4,19,22H. The highest BCUT2D eigenvalue weighted by atomic mass is 19.2. The van der Waals surface area contributed by atoms with Crippen LogP contribution >= 0.6 is 0 Å². The SMILES string of the molecule is [N-]=[N+]=Nc1c(F)c(F)c(C(=O)ON2NNc3ccccc32)c(F)c1F. The summed E-state index contributed by atoms with van der Waals surface area (Å²) in [5, 5.41) is 3.24. The van der Waals surface area contributed by atoms with E-state index in [0.717, 1.165) is 0 Å². The molecule has 0 radical (unpaired) electrons. The number of hydrogen-bond acceptors (Lipinski definition) is 6. The Labute approximate surface area is 136 Å². The minimum Gasteiger partial charge on any atom is -0.318 e. The minimum absolute atomic E-state index is 0.281. The molecule has 0 fully saturated rings. The first-order chi connectivity index (χ1) is 12.0. The Balaban J connectivity index is 1.98. The van der Waals surface area contributed by atoms with Crippen LogP contribution in [-0.2, 0) is 4.84 Å². The van der Waals surface area contributed by atoms with Crippen LogP contribution in [0, 0.1) is 23.3 Å². The molecule has 0 saturated carbocycles. The fourth-order valence-corrected chi connectivity index (χ4v) is 2.06. The summed E-state index contributed by atoms with van der Waals surface area (Å²) in [4.78, 5) is 18.7. The second-order valence-electron chi connectivity index (χ2n) is 4.60. The summed E-state index contributed by atoms with van der Waals surface area (Å²) in [7, 11) is 0. The fourth-order valence-electron chi connectivity index (χ4n) is 2.06. The molecule has 25 heavy (non-hydrogen) atoms. The first-order valence-corrected chi connectivity index (χ1v) is 6.49. The molecule has 8 nitrogen and oxygen atoms in total. The highest BCUT2D eigenvalue weighted by Gasteiger charge is 2.32. The zero-order valence-electron chi connectivity index (χ0n) is 11.9. The van der Waals surface area contributed by atoms with Crippen LogP contribution in [0.4, 0.5) is 34.6 Å². The van der Waals surface area contributed by atoms with E-state index in [2.05, 4.69) is 21.0 Å². The molecule has 2 N–H and O–H groups in total. The lowest BCUT2D eigenvalue weighted by atomic mass is 10.1. The van der Waals surface area contributed by atoms with Gasteiger partial charge >= 0.3 is 5.97 Å². The van der Waals surface area contributed by atoms with Gasteiger partial charge in [0.05, 0.1) is 5.69 Å². The second kappa shape index (κ2) is 6.19. The van der Waals surface area contributed by atoms with Crippen LogP contribution in [0.2, 0.25) is 0 Å². The molecule has 1 heterocycles. The highest BCUT2D eigenvalue weighted by Crippen LogP contribution is 2.32. The molecule has 0 amide bonds. The van der Waals surface area contributed by atoms with Gasteiger partial charge in [-0.05, 0) is 17.7 Å². The Kier molecular flexibility index (Phi) is 4.05. The normalized spacial score (nSPS) is 12.2. The molecule has 0 atom stereocenters. The van der Waals surface area contributed by atoms with Crippen molar-refractivity contribution in [3.05, 3.63) is 63.5 Å². The molecular formula is C13H6F4N6O2. The molecule has 0 aromatic heterocycles. The first kappa shape index (κ1) is 16.4. The van der Waals surface area contributed by atoms with E-state index < -0.39 is 40.5 Å². The van der Waals surface area contributed by atoms with Crippen molar-refractivity contribution in [2.24, 2.45) is 5.11 Å². The number of nitrogens with zero attached hydrogens (tertiary/aromatic N) is 4. The van der Waals surface area contributed by atoms with E-state index in [-0.39, 0.29) is 5.69 Å². The van der Waals surface area contributed by atoms with E-state index in [9.17, 15) is 22.4 Å². The second-order valence-corrected chi connectivity index (χ2v) is 4.60. The molecule has 0 bridgehead atoms. The number of carbonyl (C=O) groups excluding carboxylic acids is 1. The Bertz CT molecular complexity index is 902. The maximum atomic E-state index is 13.9. The Morgan fingerprint density at radius 1 is 1.12 bits per heavy atom. The fraction of sp³-hybridized carbons (Fsp3) is 0. The summed E-state index contributed by atoms with van der Waals surface area (Å²) in [6, 6.07) is 6.35. The van der Waals surface area contributed by atoms with Crippen molar-refractivity contribution in [3.8, 4) is 0 Å². The molecule has 12 heteroatoms. The summed E-state index contributed by atoms with van der Waals surface area (Å²) in [6.07, 6.45) is 0. The molecule has 0 unspecified atom stereocenters. The molecule has 0 spiro atoms. The summed E-state index contributed by atoms with van der Waals surface area (Å²) < 4.78 is 55.3. The molecule has 1 aliphatic rings. The number of carbonyl (C=O) groups is 1. The van der Waals surface area contributed by atoms with Gasteiger partial charge in [0.25, 0.3) is 0 Å². The van der Waals surface area contributed by atoms with Gasteiger partial charge in [0.2, 0.25) is 0 Å². The van der Waals surface area contributed by atoms with E-state index in [1.54, 1.807) is 18.2 Å². The summed E-state index contributed by atoms with van der Waals surface area (Å²) >= 11 is 0. The van der Waals surface area contributed by atoms with Crippen molar-refractivity contribution >= 4 is 23.0 Å². The number of hydrazine groups is 2. The van der Waals surface area contributed by atoms with Crippen LogP contribution in [-0.4, -0.2) is 5.97 Å². The molecule has 2 aromatic rings. The van der Waals surface area contributed by atoms with Gasteiger partial charge in [-0.2, -0.15) is 0 Å². The summed E-state index contributed by atoms with van der Waals surface area (Å²) in [6.45, 7) is 0. The van der Waals surface area contributed by atoms with E-state index in [0.29, 0.717) is 10.9 Å². The van der Waals surface area contributed by atoms with Crippen LogP contribution in [0.25, 0.3) is 10.4 Å². The molecule has 2 aromatic carbocycles. The van der Waals surface area contributed by atoms with Gasteiger partial charge in [-0.25, -0.2) is 22.4 Å². The number of rotatable bonds is 3. The minimum atomic E-state index is -2.05. The van der Waals surface area contributed by atoms with Gasteiger partial charge in [-0.15, -0.1) is 10.7 Å². The third-order valence-corrected chi connectivity index (χ3v) is 3.18. The van der Waals surface area contributed by atoms with Crippen molar-refractivity contribution in [2.45, 2.75) is 0 Å². The number of azide groups is 1. The lowest BCUT2D eigenvalue weighted by molar-refractivity contribution is 0.0400. The highest BCUT2D eigenvalue weighted by molar-refractivity contribution is 5.91. The number of halogens is 4. The van der Waals surface area contributed by atoms with Crippen molar-refractivity contribution in [1.82, 2.24) is 5.53 Å². The van der Waals surface area contributed by atoms with Gasteiger partial charge < -0.3 is 4.84 Å². The zero-order valence-corrected chi connectivity index (χ0v) is 11.9. The largest absolute Gasteiger partial charge is 0.371 e. The third-order valence-electron chi connectivity index (χ3n) is 3.18. The van der Waals surface area contributed by atoms with Crippen molar-refractivity contribution < 1.29 is 27.2 Å². The number of benzene rings is 2. The van der Waals surface area contributed by atoms with E-state index in [4.69, 9.17) is 10.4 Å². The number of para-hydroxylation sites is 2. The maximum absolute atomic E-state index is 13.9. The average Bonchev–Trinajstić information content (AvgIpc) is 3.00. The number of fused-ring (bicyclic) bond motifs is 1. The summed E-state index contributed by atoms with van der Waals surface area (Å²) in [5.41, 5.74) is 10.8. The Morgan fingerprint density at radius 3 is 2.40 bits per heavy atom. The van der Waals surface area contributed by atoms with E-state index in [1.165, 1.54) is 6.07 Å². The molecule has 3 rings (SSSR count). The van der Waals surface area contributed by atoms with Crippen LogP contribution in [0.15, 0.2) is 29.4 Å². The lowest BCUT2D eigenvalue weighted by Crippen LogP contribution is -2.38. The predicted molar refractivity (Wildman–Crippen MR) is 76.2 cm³/mol. The number of nitrogens with one attached hydrogen (secondary N) is 2. The van der Waals surface area contributed by atoms with Gasteiger partial charge in [0.15, 0.2) is 23.3 Å². The van der Waals surface area contributed by atoms with Crippen LogP contribution in [0.5, 0.6) is 0 Å². The van der Waals surface area contributed by atoms with Gasteiger partial charge in [0.1, 0.15) is 16.9 Å². The monoisotopic (exact) mass is 354 g/mol. The van der Waals surface area contributed by atoms with Crippen LogP contribution in [0.3, 0.4) is 0 Å². The molecule has 128 valence electrons. The lowest BCUT2D eigenvalue weighted by Gasteiger charge is -2.17. The molecule has 0 saturated heterocycles. The number of anilines is 2. The first-order valence-electron chi connectivity index (χ1n) is 6.49. The Morgan fingerprint density at radius 2 is 1.76 bits per heavy atom. The van der Waals surface area contributed by atoms with Gasteiger partial charge in [-0.3, -0.25) is 5.43 Å². The van der Waals surface area contributed by atoms with Crippen LogP contribution in [0.1, 0.15) is 10.4 Å². The average molecular weight is 354 g/mol. The van der Waals surface area contributed by atoms with Crippen molar-refractivity contribution in [1.29, 1.82) is 0 Å². The van der Waals surface area contributed by atoms with Crippen molar-refractivity contribution in [3.63, 3.8) is 0 Å².